The summed E-state index contributed by atoms with van der Waals surface area (Å²) in [4.78, 5) is 14.2. The second kappa shape index (κ2) is 8.81. The van der Waals surface area contributed by atoms with Crippen LogP contribution in [-0.4, -0.2) is 11.1 Å². The van der Waals surface area contributed by atoms with Crippen LogP contribution in [0, 0.1) is 0 Å². The molecule has 0 aromatic heterocycles. The summed E-state index contributed by atoms with van der Waals surface area (Å²) in [6, 6.07) is 37.6. The van der Waals surface area contributed by atoms with E-state index in [1.165, 1.54) is 6.07 Å². The number of anilines is 3. The standard InChI is InChI=1S/C29H20ClNO2/c30-20-15-16-25(27(19-20)29(32)33)24-17-18-28(26-14-8-7-13-23(24)26)31(21-9-3-1-4-10-21)22-11-5-2-6-12-22/h1-19H,(H,32,33). The van der Waals surface area contributed by atoms with Crippen LogP contribution >= 0.6 is 11.6 Å². The minimum absolute atomic E-state index is 0.184. The van der Waals surface area contributed by atoms with Gasteiger partial charge in [0, 0.05) is 21.8 Å². The number of hydrogen-bond acceptors (Lipinski definition) is 2. The minimum Gasteiger partial charge on any atom is -0.478 e. The molecule has 0 atom stereocenters. The molecule has 5 aromatic rings. The SMILES string of the molecule is O=C(O)c1cc(Cl)ccc1-c1ccc(N(c2ccccc2)c2ccccc2)c2ccccc12. The third-order valence-electron chi connectivity index (χ3n) is 5.67. The number of halogens is 1. The maximum atomic E-state index is 12.0. The Balaban J connectivity index is 1.78. The molecule has 1 N–H and O–H groups in total. The first-order valence-electron chi connectivity index (χ1n) is 10.6. The van der Waals surface area contributed by atoms with Crippen molar-refractivity contribution in [3.63, 3.8) is 0 Å². The number of carbonyl (C=O) groups is 1. The highest BCUT2D eigenvalue weighted by atomic mass is 35.5. The van der Waals surface area contributed by atoms with E-state index < -0.39 is 5.97 Å². The van der Waals surface area contributed by atoms with Crippen molar-refractivity contribution in [2.75, 3.05) is 4.90 Å². The van der Waals surface area contributed by atoms with E-state index in [1.54, 1.807) is 12.1 Å². The van der Waals surface area contributed by atoms with Gasteiger partial charge in [-0.3, -0.25) is 0 Å². The molecule has 0 aliphatic heterocycles. The Hall–Kier alpha value is -4.08. The number of hydrogen-bond donors (Lipinski definition) is 1. The van der Waals surface area contributed by atoms with Gasteiger partial charge in [-0.05, 0) is 59.0 Å². The number of rotatable bonds is 5. The lowest BCUT2D eigenvalue weighted by molar-refractivity contribution is 0.0697. The summed E-state index contributed by atoms with van der Waals surface area (Å²) in [6.07, 6.45) is 0. The predicted octanol–water partition coefficient (Wildman–Crippen LogP) is 8.33. The fraction of sp³-hybridized carbons (Fsp3) is 0. The van der Waals surface area contributed by atoms with E-state index in [0.29, 0.717) is 10.6 Å². The number of carboxylic acids is 1. The Morgan fingerprint density at radius 3 is 1.79 bits per heavy atom. The number of aromatic carboxylic acids is 1. The summed E-state index contributed by atoms with van der Waals surface area (Å²) >= 11 is 6.10. The van der Waals surface area contributed by atoms with Gasteiger partial charge in [0.15, 0.2) is 0 Å². The van der Waals surface area contributed by atoms with Gasteiger partial charge in [0.05, 0.1) is 11.3 Å². The van der Waals surface area contributed by atoms with Gasteiger partial charge in [-0.2, -0.15) is 0 Å². The highest BCUT2D eigenvalue weighted by Gasteiger charge is 2.19. The maximum Gasteiger partial charge on any atom is 0.336 e. The van der Waals surface area contributed by atoms with Gasteiger partial charge in [0.25, 0.3) is 0 Å². The van der Waals surface area contributed by atoms with E-state index in [4.69, 9.17) is 11.6 Å². The van der Waals surface area contributed by atoms with Crippen molar-refractivity contribution in [2.24, 2.45) is 0 Å². The monoisotopic (exact) mass is 449 g/mol. The summed E-state index contributed by atoms with van der Waals surface area (Å²) in [5.74, 6) is -1.00. The molecule has 0 aliphatic rings. The number of carboxylic acid groups (broad SMARTS) is 1. The van der Waals surface area contributed by atoms with Crippen LogP contribution in [0.2, 0.25) is 5.02 Å². The van der Waals surface area contributed by atoms with Crippen molar-refractivity contribution in [1.82, 2.24) is 0 Å². The average molecular weight is 450 g/mol. The highest BCUT2D eigenvalue weighted by Crippen LogP contribution is 2.42. The molecule has 0 aliphatic carbocycles. The van der Waals surface area contributed by atoms with Gasteiger partial charge in [-0.1, -0.05) is 84.4 Å². The average Bonchev–Trinajstić information content (AvgIpc) is 2.86. The molecule has 0 amide bonds. The number of nitrogens with zero attached hydrogens (tertiary/aromatic N) is 1. The summed E-state index contributed by atoms with van der Waals surface area (Å²) in [6.45, 7) is 0. The smallest absolute Gasteiger partial charge is 0.336 e. The summed E-state index contributed by atoms with van der Waals surface area (Å²) < 4.78 is 0. The summed E-state index contributed by atoms with van der Waals surface area (Å²) in [5, 5.41) is 12.2. The molecule has 0 heterocycles. The van der Waals surface area contributed by atoms with Crippen LogP contribution in [0.3, 0.4) is 0 Å². The van der Waals surface area contributed by atoms with E-state index in [-0.39, 0.29) is 5.56 Å². The third-order valence-corrected chi connectivity index (χ3v) is 5.91. The number of para-hydroxylation sites is 2. The molecule has 4 heteroatoms. The van der Waals surface area contributed by atoms with Crippen molar-refractivity contribution < 1.29 is 9.90 Å². The predicted molar refractivity (Wildman–Crippen MR) is 136 cm³/mol. The zero-order valence-corrected chi connectivity index (χ0v) is 18.4. The molecule has 0 unspecified atom stereocenters. The maximum absolute atomic E-state index is 12.0. The Labute approximate surface area is 197 Å². The Bertz CT molecular complexity index is 1410. The Kier molecular flexibility index (Phi) is 5.55. The quantitative estimate of drug-likeness (QED) is 0.293. The lowest BCUT2D eigenvalue weighted by Gasteiger charge is -2.27. The fourth-order valence-electron chi connectivity index (χ4n) is 4.22. The normalized spacial score (nSPS) is 10.8. The molecule has 160 valence electrons. The number of benzene rings is 5. The highest BCUT2D eigenvalue weighted by molar-refractivity contribution is 6.31. The fourth-order valence-corrected chi connectivity index (χ4v) is 4.39. The van der Waals surface area contributed by atoms with Crippen LogP contribution in [0.5, 0.6) is 0 Å². The van der Waals surface area contributed by atoms with Gasteiger partial charge in [-0.25, -0.2) is 4.79 Å². The first-order chi connectivity index (χ1) is 16.1. The largest absolute Gasteiger partial charge is 0.478 e. The molecule has 5 aromatic carbocycles. The van der Waals surface area contributed by atoms with Crippen molar-refractivity contribution in [3.05, 3.63) is 126 Å². The van der Waals surface area contributed by atoms with E-state index in [1.807, 2.05) is 60.7 Å². The van der Waals surface area contributed by atoms with E-state index in [9.17, 15) is 9.90 Å². The molecule has 33 heavy (non-hydrogen) atoms. The van der Waals surface area contributed by atoms with Crippen molar-refractivity contribution in [2.45, 2.75) is 0 Å². The Morgan fingerprint density at radius 1 is 0.636 bits per heavy atom. The van der Waals surface area contributed by atoms with Gasteiger partial charge in [0.2, 0.25) is 0 Å². The van der Waals surface area contributed by atoms with Crippen LogP contribution in [0.15, 0.2) is 115 Å². The molecular weight excluding hydrogens is 430 g/mol. The molecule has 0 spiro atoms. The topological polar surface area (TPSA) is 40.5 Å². The van der Waals surface area contributed by atoms with Crippen LogP contribution in [0.4, 0.5) is 17.1 Å². The van der Waals surface area contributed by atoms with Crippen LogP contribution in [0.1, 0.15) is 10.4 Å². The third kappa shape index (κ3) is 3.95. The molecule has 0 saturated heterocycles. The van der Waals surface area contributed by atoms with Crippen LogP contribution < -0.4 is 4.90 Å². The molecule has 0 saturated carbocycles. The van der Waals surface area contributed by atoms with Crippen LogP contribution in [-0.2, 0) is 0 Å². The zero-order chi connectivity index (χ0) is 22.8. The zero-order valence-electron chi connectivity index (χ0n) is 17.7. The van der Waals surface area contributed by atoms with Crippen molar-refractivity contribution >= 4 is 45.4 Å². The van der Waals surface area contributed by atoms with E-state index >= 15 is 0 Å². The van der Waals surface area contributed by atoms with Crippen LogP contribution in [0.25, 0.3) is 21.9 Å². The van der Waals surface area contributed by atoms with Gasteiger partial charge < -0.3 is 10.0 Å². The summed E-state index contributed by atoms with van der Waals surface area (Å²) in [7, 11) is 0. The van der Waals surface area contributed by atoms with E-state index in [2.05, 4.69) is 41.3 Å². The first kappa shape index (κ1) is 20.8. The number of fused-ring (bicyclic) bond motifs is 1. The van der Waals surface area contributed by atoms with Gasteiger partial charge >= 0.3 is 5.97 Å². The molecule has 3 nitrogen and oxygen atoms in total. The summed E-state index contributed by atoms with van der Waals surface area (Å²) in [5.41, 5.74) is 4.77. The molecule has 5 rings (SSSR count). The lowest BCUT2D eigenvalue weighted by atomic mass is 9.93. The second-order valence-electron chi connectivity index (χ2n) is 7.68. The molecular formula is C29H20ClNO2. The molecule has 0 radical (unpaired) electrons. The van der Waals surface area contributed by atoms with Crippen molar-refractivity contribution in [3.8, 4) is 11.1 Å². The van der Waals surface area contributed by atoms with Gasteiger partial charge in [0.1, 0.15) is 0 Å². The van der Waals surface area contributed by atoms with Crippen molar-refractivity contribution in [1.29, 1.82) is 0 Å². The Morgan fingerprint density at radius 2 is 1.18 bits per heavy atom. The lowest BCUT2D eigenvalue weighted by Crippen LogP contribution is -2.10. The second-order valence-corrected chi connectivity index (χ2v) is 8.12. The van der Waals surface area contributed by atoms with E-state index in [0.717, 1.165) is 33.4 Å². The minimum atomic E-state index is -1.00. The molecule has 0 bridgehead atoms. The first-order valence-corrected chi connectivity index (χ1v) is 11.0. The molecule has 0 fully saturated rings. The van der Waals surface area contributed by atoms with Gasteiger partial charge in [-0.15, -0.1) is 0 Å².